The highest BCUT2D eigenvalue weighted by Gasteiger charge is 2.50. The van der Waals surface area contributed by atoms with E-state index in [1.807, 2.05) is 11.9 Å². The summed E-state index contributed by atoms with van der Waals surface area (Å²) in [7, 11) is -2.36. The van der Waals surface area contributed by atoms with Crippen LogP contribution in [0, 0.1) is 23.7 Å². The minimum Gasteiger partial charge on any atom is -0.366 e. The molecule has 9 nitrogen and oxygen atoms in total. The van der Waals surface area contributed by atoms with E-state index in [0.717, 1.165) is 11.8 Å². The van der Waals surface area contributed by atoms with Crippen molar-refractivity contribution in [3.8, 4) is 0 Å². The highest BCUT2D eigenvalue weighted by atomic mass is 32.2. The molecule has 5 aliphatic rings. The van der Waals surface area contributed by atoms with Gasteiger partial charge in [0.1, 0.15) is 4.90 Å². The van der Waals surface area contributed by atoms with Gasteiger partial charge >= 0.3 is 6.03 Å². The Morgan fingerprint density at radius 2 is 1.68 bits per heavy atom. The van der Waals surface area contributed by atoms with Gasteiger partial charge in [0.2, 0.25) is 5.91 Å². The Kier molecular flexibility index (Phi) is 5.56. The molecular formula is C27H30N4O5S. The average Bonchev–Trinajstić information content (AvgIpc) is 2.85. The third-order valence-corrected chi connectivity index (χ3v) is 10.5. The number of benzene rings is 2. The van der Waals surface area contributed by atoms with Crippen LogP contribution in [0.15, 0.2) is 47.4 Å². The average molecular weight is 523 g/mol. The molecule has 3 N–H and O–H groups in total. The number of primary amides is 1. The van der Waals surface area contributed by atoms with Gasteiger partial charge in [-0.15, -0.1) is 0 Å². The van der Waals surface area contributed by atoms with E-state index in [2.05, 4.69) is 5.32 Å². The molecule has 0 spiro atoms. The van der Waals surface area contributed by atoms with Crippen molar-refractivity contribution in [3.05, 3.63) is 59.2 Å². The van der Waals surface area contributed by atoms with Crippen LogP contribution in [0.4, 0.5) is 10.5 Å². The lowest BCUT2D eigenvalue weighted by Gasteiger charge is -2.56. The fourth-order valence-corrected chi connectivity index (χ4v) is 8.88. The summed E-state index contributed by atoms with van der Waals surface area (Å²) < 4.78 is 27.3. The fraction of sp³-hybridized carbons (Fsp3) is 0.444. The smallest absolute Gasteiger partial charge is 0.336 e. The molecule has 4 fully saturated rings. The van der Waals surface area contributed by atoms with Crippen molar-refractivity contribution >= 4 is 33.6 Å². The van der Waals surface area contributed by atoms with Crippen LogP contribution in [0.3, 0.4) is 0 Å². The lowest BCUT2D eigenvalue weighted by atomic mass is 9.54. The fourth-order valence-electron chi connectivity index (χ4n) is 7.39. The quantitative estimate of drug-likeness (QED) is 0.622. The summed E-state index contributed by atoms with van der Waals surface area (Å²) in [5, 5.41) is 2.56. The van der Waals surface area contributed by atoms with Gasteiger partial charge in [-0.1, -0.05) is 12.1 Å². The zero-order valence-corrected chi connectivity index (χ0v) is 21.4. The molecule has 1 aliphatic heterocycles. The van der Waals surface area contributed by atoms with Gasteiger partial charge in [-0.05, 0) is 91.7 Å². The number of amides is 4. The van der Waals surface area contributed by atoms with Crippen LogP contribution in [0.2, 0.25) is 0 Å². The topological polar surface area (TPSA) is 130 Å². The maximum atomic E-state index is 13.5. The van der Waals surface area contributed by atoms with Crippen LogP contribution in [0.5, 0.6) is 0 Å². The van der Waals surface area contributed by atoms with Crippen LogP contribution < -0.4 is 11.1 Å². The highest BCUT2D eigenvalue weighted by molar-refractivity contribution is 7.90. The number of nitrogens with zero attached hydrogens (tertiary/aromatic N) is 2. The Bertz CT molecular complexity index is 1390. The highest BCUT2D eigenvalue weighted by Crippen LogP contribution is 2.55. The number of nitrogens with two attached hydrogens (primary N) is 1. The zero-order chi connectivity index (χ0) is 26.1. The van der Waals surface area contributed by atoms with Crippen LogP contribution in [0.25, 0.3) is 0 Å². The minimum atomic E-state index is -4.25. The van der Waals surface area contributed by atoms with Crippen molar-refractivity contribution in [1.82, 2.24) is 9.21 Å². The maximum Gasteiger partial charge on any atom is 0.336 e. The Balaban J connectivity index is 1.24. The lowest BCUT2D eigenvalue weighted by molar-refractivity contribution is -0.0491. The van der Waals surface area contributed by atoms with Crippen LogP contribution in [-0.4, -0.2) is 48.6 Å². The number of fused-ring (bicyclic) bond motifs is 1. The van der Waals surface area contributed by atoms with Gasteiger partial charge in [0.25, 0.3) is 15.9 Å². The molecule has 1 heterocycles. The zero-order valence-electron chi connectivity index (χ0n) is 20.6. The summed E-state index contributed by atoms with van der Waals surface area (Å²) in [5.74, 6) is 1.89. The first-order valence-electron chi connectivity index (χ1n) is 12.8. The molecule has 2 aromatic carbocycles. The van der Waals surface area contributed by atoms with Crippen molar-refractivity contribution in [1.29, 1.82) is 0 Å². The number of carbonyl (C=O) groups excluding carboxylic acids is 3. The third-order valence-electron chi connectivity index (χ3n) is 8.75. The molecule has 0 unspecified atom stereocenters. The van der Waals surface area contributed by atoms with E-state index in [1.165, 1.54) is 50.3 Å². The van der Waals surface area contributed by atoms with Crippen LogP contribution in [-0.2, 0) is 16.6 Å². The molecule has 7 rings (SSSR count). The number of nitrogens with one attached hydrogen (secondary N) is 1. The van der Waals surface area contributed by atoms with E-state index in [1.54, 1.807) is 24.3 Å². The van der Waals surface area contributed by atoms with Gasteiger partial charge in [0.05, 0.1) is 12.2 Å². The first-order valence-corrected chi connectivity index (χ1v) is 14.2. The van der Waals surface area contributed by atoms with Gasteiger partial charge in [-0.3, -0.25) is 9.59 Å². The SMILES string of the molecule is CN(C(=O)c1cccc(CN2C(=O)Nc3ccc(C(N)=O)cc3S2(=O)=O)c1)C1C2CC3CC(C2)CC1C3. The molecule has 2 aromatic rings. The molecule has 4 amide bonds. The molecule has 4 saturated carbocycles. The van der Waals surface area contributed by atoms with E-state index in [-0.39, 0.29) is 34.6 Å². The summed E-state index contributed by atoms with van der Waals surface area (Å²) in [6.45, 7) is -0.253. The molecule has 0 radical (unpaired) electrons. The largest absolute Gasteiger partial charge is 0.366 e. The second-order valence-electron chi connectivity index (χ2n) is 11.1. The Labute approximate surface area is 216 Å². The van der Waals surface area contributed by atoms with E-state index in [0.29, 0.717) is 27.3 Å². The summed E-state index contributed by atoms with van der Waals surface area (Å²) in [6, 6.07) is 10.1. The van der Waals surface area contributed by atoms with Gasteiger partial charge in [0, 0.05) is 24.2 Å². The number of carbonyl (C=O) groups is 3. The predicted molar refractivity (Wildman–Crippen MR) is 136 cm³/mol. The number of hydrogen-bond donors (Lipinski definition) is 2. The molecule has 0 aromatic heterocycles. The second-order valence-corrected chi connectivity index (χ2v) is 12.9. The molecule has 4 bridgehead atoms. The molecule has 4 aliphatic carbocycles. The monoisotopic (exact) mass is 522 g/mol. The first-order chi connectivity index (χ1) is 17.6. The normalized spacial score (nSPS) is 28.9. The standard InChI is InChI=1S/C27H30N4O5S/c1-30(24-20-9-16-7-17(11-20)12-21(24)10-16)26(33)19-4-2-3-15(8-19)14-31-27(34)29-22-6-5-18(25(28)32)13-23(22)37(31,35)36/h2-6,8,13,16-17,20-21,24H,7,9-12,14H2,1H3,(H2,28,32)(H,29,34). The van der Waals surface area contributed by atoms with Crippen molar-refractivity contribution in [2.45, 2.75) is 49.6 Å². The Morgan fingerprint density at radius 1 is 1.00 bits per heavy atom. The van der Waals surface area contributed by atoms with Gasteiger partial charge in [-0.25, -0.2) is 17.5 Å². The summed E-state index contributed by atoms with van der Waals surface area (Å²) in [4.78, 5) is 39.6. The summed E-state index contributed by atoms with van der Waals surface area (Å²) in [5.41, 5.74) is 6.41. The number of hydrogen-bond acceptors (Lipinski definition) is 5. The van der Waals surface area contributed by atoms with E-state index < -0.39 is 22.0 Å². The maximum absolute atomic E-state index is 13.5. The van der Waals surface area contributed by atoms with Crippen molar-refractivity contribution in [2.24, 2.45) is 29.4 Å². The molecule has 37 heavy (non-hydrogen) atoms. The number of urea groups is 1. The van der Waals surface area contributed by atoms with Crippen LogP contribution in [0.1, 0.15) is 58.4 Å². The molecule has 0 saturated heterocycles. The van der Waals surface area contributed by atoms with E-state index >= 15 is 0 Å². The minimum absolute atomic E-state index is 0.0267. The summed E-state index contributed by atoms with van der Waals surface area (Å²) >= 11 is 0. The first kappa shape index (κ1) is 24.0. The Morgan fingerprint density at radius 3 is 2.32 bits per heavy atom. The van der Waals surface area contributed by atoms with Gasteiger partial charge < -0.3 is 16.0 Å². The lowest BCUT2D eigenvalue weighted by Crippen LogP contribution is -2.56. The summed E-state index contributed by atoms with van der Waals surface area (Å²) in [6.07, 6.45) is 6.17. The van der Waals surface area contributed by atoms with Crippen molar-refractivity contribution in [3.63, 3.8) is 0 Å². The van der Waals surface area contributed by atoms with Crippen molar-refractivity contribution in [2.75, 3.05) is 12.4 Å². The van der Waals surface area contributed by atoms with E-state index in [4.69, 9.17) is 5.73 Å². The van der Waals surface area contributed by atoms with Crippen molar-refractivity contribution < 1.29 is 22.8 Å². The van der Waals surface area contributed by atoms with Gasteiger partial charge in [0.15, 0.2) is 0 Å². The van der Waals surface area contributed by atoms with Gasteiger partial charge in [-0.2, -0.15) is 0 Å². The predicted octanol–water partition coefficient (Wildman–Crippen LogP) is 3.42. The third kappa shape index (κ3) is 3.98. The second kappa shape index (κ2) is 8.58. The molecule has 10 heteroatoms. The number of sulfonamides is 1. The van der Waals surface area contributed by atoms with Crippen LogP contribution >= 0.6 is 0 Å². The molecular weight excluding hydrogens is 492 g/mol. The Hall–Kier alpha value is -3.40. The molecule has 0 atom stereocenters. The van der Waals surface area contributed by atoms with E-state index in [9.17, 15) is 22.8 Å². The number of rotatable bonds is 5. The number of anilines is 1. The molecule has 194 valence electrons.